The number of benzene rings is 2. The normalized spacial score (nSPS) is 11.4. The van der Waals surface area contributed by atoms with Crippen LogP contribution in [0.25, 0.3) is 10.6 Å². The van der Waals surface area contributed by atoms with Gasteiger partial charge in [0, 0.05) is 25.0 Å². The van der Waals surface area contributed by atoms with Crippen molar-refractivity contribution in [2.75, 3.05) is 28.3 Å². The fourth-order valence-electron chi connectivity index (χ4n) is 2.69. The molecule has 164 valence electrons. The van der Waals surface area contributed by atoms with Gasteiger partial charge < -0.3 is 14.2 Å². The fourth-order valence-corrected chi connectivity index (χ4v) is 4.44. The number of esters is 1. The predicted octanol–water partition coefficient (Wildman–Crippen LogP) is 3.43. The van der Waals surface area contributed by atoms with Gasteiger partial charge in [0.15, 0.2) is 11.5 Å². The van der Waals surface area contributed by atoms with Crippen LogP contribution >= 0.6 is 11.3 Å². The summed E-state index contributed by atoms with van der Waals surface area (Å²) in [6.07, 6.45) is 0. The molecule has 10 heteroatoms. The minimum Gasteiger partial charge on any atom is -0.493 e. The molecule has 3 rings (SSSR count). The van der Waals surface area contributed by atoms with Crippen molar-refractivity contribution in [2.45, 2.75) is 11.5 Å². The predicted molar refractivity (Wildman–Crippen MR) is 117 cm³/mol. The first-order valence-corrected chi connectivity index (χ1v) is 11.4. The fraction of sp³-hybridized carbons (Fsp3) is 0.238. The van der Waals surface area contributed by atoms with Gasteiger partial charge in [0.25, 0.3) is 0 Å². The summed E-state index contributed by atoms with van der Waals surface area (Å²) in [5.41, 5.74) is 1.58. The van der Waals surface area contributed by atoms with E-state index in [1.54, 1.807) is 25.7 Å². The summed E-state index contributed by atoms with van der Waals surface area (Å²) in [5.74, 6) is 0.586. The van der Waals surface area contributed by atoms with Crippen molar-refractivity contribution in [3.63, 3.8) is 0 Å². The molecule has 0 unspecified atom stereocenters. The molecule has 0 atom stereocenters. The third-order valence-electron chi connectivity index (χ3n) is 4.38. The maximum atomic E-state index is 12.4. The molecule has 2 aromatic carbocycles. The summed E-state index contributed by atoms with van der Waals surface area (Å²) >= 11 is 1.41. The van der Waals surface area contributed by atoms with E-state index >= 15 is 0 Å². The smallest absolute Gasteiger partial charge is 0.338 e. The third-order valence-corrected chi connectivity index (χ3v) is 7.13. The lowest BCUT2D eigenvalue weighted by Gasteiger charge is -2.12. The zero-order chi connectivity index (χ0) is 22.6. The average molecular weight is 463 g/mol. The Bertz CT molecular complexity index is 1190. The van der Waals surface area contributed by atoms with Gasteiger partial charge in [-0.1, -0.05) is 6.07 Å². The molecule has 0 saturated carbocycles. The van der Waals surface area contributed by atoms with E-state index in [0.29, 0.717) is 17.2 Å². The van der Waals surface area contributed by atoms with Gasteiger partial charge in [-0.05, 0) is 36.4 Å². The summed E-state index contributed by atoms with van der Waals surface area (Å²) in [7, 11) is 2.35. The van der Waals surface area contributed by atoms with Gasteiger partial charge in [0.1, 0.15) is 11.6 Å². The van der Waals surface area contributed by atoms with Crippen LogP contribution in [0.4, 0.5) is 0 Å². The number of rotatable bonds is 8. The van der Waals surface area contributed by atoms with Gasteiger partial charge in [-0.3, -0.25) is 0 Å². The Morgan fingerprint density at radius 1 is 1.06 bits per heavy atom. The minimum absolute atomic E-state index is 0.0244. The number of methoxy groups -OCH3 is 2. The Hall–Kier alpha value is -2.95. The molecule has 3 aromatic rings. The standard InChI is InChI=1S/C21H22N2O6S2/c1-23(2)31(25,26)17-7-5-6-15(10-17)21(24)29-12-16-13-30-20(22-16)14-8-9-18(27-3)19(11-14)28-4/h5-11,13H,12H2,1-4H3. The molecular formula is C21H22N2O6S2. The lowest BCUT2D eigenvalue weighted by atomic mass is 10.2. The van der Waals surface area contributed by atoms with E-state index in [0.717, 1.165) is 14.9 Å². The maximum Gasteiger partial charge on any atom is 0.338 e. The number of ether oxygens (including phenoxy) is 3. The van der Waals surface area contributed by atoms with Crippen molar-refractivity contribution in [3.05, 3.63) is 59.1 Å². The first-order valence-electron chi connectivity index (χ1n) is 9.12. The van der Waals surface area contributed by atoms with E-state index < -0.39 is 16.0 Å². The molecule has 1 aromatic heterocycles. The monoisotopic (exact) mass is 462 g/mol. The van der Waals surface area contributed by atoms with E-state index in [1.807, 2.05) is 12.1 Å². The van der Waals surface area contributed by atoms with Crippen LogP contribution in [0.1, 0.15) is 16.1 Å². The summed E-state index contributed by atoms with van der Waals surface area (Å²) < 4.78 is 41.5. The molecule has 8 nitrogen and oxygen atoms in total. The van der Waals surface area contributed by atoms with Gasteiger partial charge in [0.05, 0.1) is 30.4 Å². The number of nitrogens with zero attached hydrogens (tertiary/aromatic N) is 2. The lowest BCUT2D eigenvalue weighted by Crippen LogP contribution is -2.22. The molecule has 31 heavy (non-hydrogen) atoms. The molecule has 0 radical (unpaired) electrons. The first kappa shape index (κ1) is 22.7. The van der Waals surface area contributed by atoms with Gasteiger partial charge >= 0.3 is 5.97 Å². The molecule has 0 spiro atoms. The molecule has 0 amide bonds. The Labute approximate surface area is 185 Å². The van der Waals surface area contributed by atoms with Crippen molar-refractivity contribution in [1.82, 2.24) is 9.29 Å². The van der Waals surface area contributed by atoms with Gasteiger partial charge in [0.2, 0.25) is 10.0 Å². The lowest BCUT2D eigenvalue weighted by molar-refractivity contribution is 0.0468. The van der Waals surface area contributed by atoms with Gasteiger partial charge in [-0.25, -0.2) is 22.5 Å². The topological polar surface area (TPSA) is 95.0 Å². The van der Waals surface area contributed by atoms with E-state index in [2.05, 4.69) is 4.98 Å². The number of carbonyl (C=O) groups excluding carboxylic acids is 1. The first-order chi connectivity index (χ1) is 14.8. The van der Waals surface area contributed by atoms with Crippen molar-refractivity contribution >= 4 is 27.3 Å². The number of thiazole rings is 1. The Balaban J connectivity index is 1.71. The second-order valence-corrected chi connectivity index (χ2v) is 9.62. The Morgan fingerprint density at radius 3 is 2.48 bits per heavy atom. The second kappa shape index (κ2) is 9.46. The van der Waals surface area contributed by atoms with Crippen LogP contribution in [0.5, 0.6) is 11.5 Å². The number of carbonyl (C=O) groups is 1. The molecule has 0 N–H and O–H groups in total. The number of aromatic nitrogens is 1. The van der Waals surface area contributed by atoms with Gasteiger partial charge in [-0.15, -0.1) is 11.3 Å². The highest BCUT2D eigenvalue weighted by molar-refractivity contribution is 7.89. The van der Waals surface area contributed by atoms with E-state index in [-0.39, 0.29) is 17.1 Å². The van der Waals surface area contributed by atoms with Crippen LogP contribution in [-0.4, -0.2) is 52.0 Å². The largest absolute Gasteiger partial charge is 0.493 e. The third kappa shape index (κ3) is 5.04. The van der Waals surface area contributed by atoms with Crippen molar-refractivity contribution in [2.24, 2.45) is 0 Å². The molecule has 1 heterocycles. The number of hydrogen-bond donors (Lipinski definition) is 0. The molecule has 0 aliphatic rings. The highest BCUT2D eigenvalue weighted by atomic mass is 32.2. The average Bonchev–Trinajstić information content (AvgIpc) is 3.26. The maximum absolute atomic E-state index is 12.4. The zero-order valence-corrected chi connectivity index (χ0v) is 19.1. The van der Waals surface area contributed by atoms with Crippen molar-refractivity contribution < 1.29 is 27.4 Å². The number of sulfonamides is 1. The van der Waals surface area contributed by atoms with Crippen LogP contribution in [0.2, 0.25) is 0 Å². The highest BCUT2D eigenvalue weighted by Crippen LogP contribution is 2.33. The SMILES string of the molecule is COc1ccc(-c2nc(COC(=O)c3cccc(S(=O)(=O)N(C)C)c3)cs2)cc1OC. The quantitative estimate of drug-likeness (QED) is 0.473. The van der Waals surface area contributed by atoms with E-state index in [9.17, 15) is 13.2 Å². The van der Waals surface area contributed by atoms with E-state index in [1.165, 1.54) is 49.7 Å². The Kier molecular flexibility index (Phi) is 6.94. The second-order valence-electron chi connectivity index (χ2n) is 6.61. The summed E-state index contributed by atoms with van der Waals surface area (Å²) in [6, 6.07) is 11.2. The van der Waals surface area contributed by atoms with Crippen LogP contribution in [0.15, 0.2) is 52.7 Å². The summed E-state index contributed by atoms with van der Waals surface area (Å²) in [6.45, 7) is -0.0344. The molecular weight excluding hydrogens is 440 g/mol. The zero-order valence-electron chi connectivity index (χ0n) is 17.5. The van der Waals surface area contributed by atoms with E-state index in [4.69, 9.17) is 14.2 Å². The van der Waals surface area contributed by atoms with Crippen LogP contribution in [0.3, 0.4) is 0 Å². The van der Waals surface area contributed by atoms with Crippen molar-refractivity contribution in [1.29, 1.82) is 0 Å². The Morgan fingerprint density at radius 2 is 1.81 bits per heavy atom. The summed E-state index contributed by atoms with van der Waals surface area (Å²) in [4.78, 5) is 16.9. The number of hydrogen-bond acceptors (Lipinski definition) is 8. The highest BCUT2D eigenvalue weighted by Gasteiger charge is 2.19. The molecule has 0 saturated heterocycles. The molecule has 0 fully saturated rings. The minimum atomic E-state index is -3.64. The molecule has 0 aliphatic carbocycles. The summed E-state index contributed by atoms with van der Waals surface area (Å²) in [5, 5.41) is 2.54. The molecule has 0 bridgehead atoms. The van der Waals surface area contributed by atoms with Crippen molar-refractivity contribution in [3.8, 4) is 22.1 Å². The van der Waals surface area contributed by atoms with Crippen LogP contribution in [0, 0.1) is 0 Å². The van der Waals surface area contributed by atoms with Gasteiger partial charge in [-0.2, -0.15) is 0 Å². The molecule has 0 aliphatic heterocycles. The van der Waals surface area contributed by atoms with Crippen LogP contribution in [-0.2, 0) is 21.4 Å². The van der Waals surface area contributed by atoms with Crippen LogP contribution < -0.4 is 9.47 Å².